The normalized spacial score (nSPS) is 18.2. The highest BCUT2D eigenvalue weighted by Crippen LogP contribution is 2.46. The summed E-state index contributed by atoms with van der Waals surface area (Å²) in [4.78, 5) is 23.3. The van der Waals surface area contributed by atoms with Crippen LogP contribution in [0, 0.1) is 0 Å². The molecule has 3 aromatic carbocycles. The molecular formula is C30H31N5O4. The average Bonchev–Trinajstić information content (AvgIpc) is 3.34. The van der Waals surface area contributed by atoms with Crippen LogP contribution in [0.25, 0.3) is 16.5 Å². The Morgan fingerprint density at radius 2 is 1.85 bits per heavy atom. The fraction of sp³-hybridized carbons (Fsp3) is 0.267. The number of azide groups is 1. The third-order valence-corrected chi connectivity index (χ3v) is 6.32. The van der Waals surface area contributed by atoms with Crippen molar-refractivity contribution in [1.29, 1.82) is 0 Å². The Balaban J connectivity index is 1.79. The van der Waals surface area contributed by atoms with E-state index in [1.807, 2.05) is 60.7 Å². The number of aliphatic hydroxyl groups excluding tert-OH is 1. The van der Waals surface area contributed by atoms with Gasteiger partial charge in [0.2, 0.25) is 5.90 Å². The van der Waals surface area contributed by atoms with E-state index in [9.17, 15) is 10.3 Å². The summed E-state index contributed by atoms with van der Waals surface area (Å²) in [5.41, 5.74) is 10.5. The van der Waals surface area contributed by atoms with Crippen LogP contribution in [0.3, 0.4) is 0 Å². The van der Waals surface area contributed by atoms with Gasteiger partial charge in [-0.25, -0.2) is 4.99 Å². The molecule has 0 fully saturated rings. The molecule has 0 radical (unpaired) electrons. The van der Waals surface area contributed by atoms with E-state index in [-0.39, 0.29) is 18.9 Å². The number of hydrogen-bond donors (Lipinski definition) is 1. The van der Waals surface area contributed by atoms with Gasteiger partial charge in [0.1, 0.15) is 5.75 Å². The first-order chi connectivity index (χ1) is 19.0. The molecule has 2 atom stereocenters. The summed E-state index contributed by atoms with van der Waals surface area (Å²) in [7, 11) is 3.38. The summed E-state index contributed by atoms with van der Waals surface area (Å²) in [5.74, 6) is 0.721. The van der Waals surface area contributed by atoms with Crippen LogP contribution in [0.2, 0.25) is 0 Å². The first kappa shape index (κ1) is 27.4. The van der Waals surface area contributed by atoms with Gasteiger partial charge in [-0.05, 0) is 35.4 Å². The number of hydrogen-bond acceptors (Lipinski definition) is 6. The highest BCUT2D eigenvalue weighted by atomic mass is 16.5. The van der Waals surface area contributed by atoms with Gasteiger partial charge in [-0.3, -0.25) is 4.79 Å². The third-order valence-electron chi connectivity index (χ3n) is 6.32. The van der Waals surface area contributed by atoms with Gasteiger partial charge in [-0.2, -0.15) is 0 Å². The number of likely N-dealkylation sites (N-methyl/N-ethyl adjacent to an activating group) is 1. The van der Waals surface area contributed by atoms with Crippen molar-refractivity contribution >= 4 is 23.6 Å². The van der Waals surface area contributed by atoms with E-state index >= 15 is 0 Å². The number of carbonyl (C=O) groups is 1. The number of nitrogens with zero attached hydrogens (tertiary/aromatic N) is 5. The minimum Gasteiger partial charge on any atom is -0.494 e. The van der Waals surface area contributed by atoms with Gasteiger partial charge in [0.05, 0.1) is 6.61 Å². The summed E-state index contributed by atoms with van der Waals surface area (Å²) in [5, 5.41) is 12.9. The van der Waals surface area contributed by atoms with Crippen molar-refractivity contribution in [2.75, 3.05) is 27.3 Å². The first-order valence-corrected chi connectivity index (χ1v) is 12.7. The zero-order chi connectivity index (χ0) is 27.7. The Bertz CT molecular complexity index is 1380. The van der Waals surface area contributed by atoms with E-state index in [4.69, 9.17) is 19.6 Å². The molecule has 0 bridgehead atoms. The number of amides is 1. The molecule has 0 unspecified atom stereocenters. The maximum Gasteiger partial charge on any atom is 0.254 e. The predicted molar refractivity (Wildman–Crippen MR) is 151 cm³/mol. The SMILES string of the molecule is CN(C)C(=O)[C@]1(C/C=C/c2ccccc2)N=C(c2ccc(OCCCO)cc2)O[C@@H]1c1ccccc1N=[N+]=[N-]. The van der Waals surface area contributed by atoms with Crippen LogP contribution in [0.1, 0.15) is 35.6 Å². The fourth-order valence-corrected chi connectivity index (χ4v) is 4.45. The maximum atomic E-state index is 13.9. The zero-order valence-electron chi connectivity index (χ0n) is 22.0. The van der Waals surface area contributed by atoms with Crippen molar-refractivity contribution < 1.29 is 19.4 Å². The number of aliphatic hydroxyl groups is 1. The molecule has 1 amide bonds. The Labute approximate surface area is 227 Å². The summed E-state index contributed by atoms with van der Waals surface area (Å²) in [6, 6.07) is 24.1. The number of rotatable bonds is 11. The molecule has 3 aromatic rings. The maximum absolute atomic E-state index is 13.9. The average molecular weight is 526 g/mol. The molecule has 1 aliphatic heterocycles. The van der Waals surface area contributed by atoms with E-state index in [0.29, 0.717) is 41.5 Å². The fourth-order valence-electron chi connectivity index (χ4n) is 4.45. The van der Waals surface area contributed by atoms with Gasteiger partial charge >= 0.3 is 0 Å². The number of carbonyl (C=O) groups excluding carboxylic acids is 1. The van der Waals surface area contributed by atoms with Crippen LogP contribution >= 0.6 is 0 Å². The second-order valence-electron chi connectivity index (χ2n) is 9.25. The van der Waals surface area contributed by atoms with E-state index in [0.717, 1.165) is 5.56 Å². The van der Waals surface area contributed by atoms with Crippen molar-refractivity contribution in [3.05, 3.63) is 112 Å². The van der Waals surface area contributed by atoms with Crippen LogP contribution in [0.5, 0.6) is 5.75 Å². The number of ether oxygens (including phenoxy) is 2. The lowest BCUT2D eigenvalue weighted by atomic mass is 9.83. The summed E-state index contributed by atoms with van der Waals surface area (Å²) in [6.07, 6.45) is 3.82. The third kappa shape index (κ3) is 6.29. The van der Waals surface area contributed by atoms with Crippen LogP contribution in [-0.4, -0.2) is 54.7 Å². The highest BCUT2D eigenvalue weighted by Gasteiger charge is 2.53. The molecule has 1 N–H and O–H groups in total. The van der Waals surface area contributed by atoms with E-state index in [1.54, 1.807) is 44.4 Å². The lowest BCUT2D eigenvalue weighted by Crippen LogP contribution is -2.47. The monoisotopic (exact) mass is 525 g/mol. The number of aliphatic imine (C=N–C) groups is 1. The summed E-state index contributed by atoms with van der Waals surface area (Å²) in [6.45, 7) is 0.460. The Hall–Kier alpha value is -4.59. The van der Waals surface area contributed by atoms with Gasteiger partial charge in [0.25, 0.3) is 5.91 Å². The largest absolute Gasteiger partial charge is 0.494 e. The molecule has 0 spiro atoms. The molecule has 1 heterocycles. The van der Waals surface area contributed by atoms with Gasteiger partial charge in [-0.1, -0.05) is 71.9 Å². The standard InChI is InChI=1S/C30H31N5O4/c1-35(2)29(37)30(19-8-12-22-10-4-3-5-11-22)27(25-13-6-7-14-26(25)33-34-31)39-28(32-30)23-15-17-24(18-16-23)38-21-9-20-36/h3-8,10-18,27,36H,9,19-21H2,1-2H3/b12-8+/t27-,30-/m1/s1. The molecule has 0 aliphatic carbocycles. The molecule has 0 aromatic heterocycles. The summed E-state index contributed by atoms with van der Waals surface area (Å²) < 4.78 is 12.1. The van der Waals surface area contributed by atoms with Crippen molar-refractivity contribution in [3.8, 4) is 5.75 Å². The van der Waals surface area contributed by atoms with Gasteiger partial charge in [0, 0.05) is 55.3 Å². The molecule has 200 valence electrons. The molecule has 0 saturated heterocycles. The lowest BCUT2D eigenvalue weighted by Gasteiger charge is -2.32. The topological polar surface area (TPSA) is 120 Å². The van der Waals surface area contributed by atoms with Crippen LogP contribution < -0.4 is 4.74 Å². The molecule has 1 aliphatic rings. The Kier molecular flexibility index (Phi) is 8.99. The second-order valence-corrected chi connectivity index (χ2v) is 9.25. The van der Waals surface area contributed by atoms with Gasteiger partial charge < -0.3 is 19.5 Å². The lowest BCUT2D eigenvalue weighted by molar-refractivity contribution is -0.137. The quantitative estimate of drug-likeness (QED) is 0.146. The molecule has 39 heavy (non-hydrogen) atoms. The van der Waals surface area contributed by atoms with Crippen molar-refractivity contribution in [2.24, 2.45) is 10.1 Å². The van der Waals surface area contributed by atoms with Crippen molar-refractivity contribution in [1.82, 2.24) is 4.90 Å². The second kappa shape index (κ2) is 12.8. The molecular weight excluding hydrogens is 494 g/mol. The van der Waals surface area contributed by atoms with Crippen LogP contribution in [0.15, 0.2) is 95.0 Å². The van der Waals surface area contributed by atoms with Gasteiger partial charge in [-0.15, -0.1) is 0 Å². The summed E-state index contributed by atoms with van der Waals surface area (Å²) >= 11 is 0. The van der Waals surface area contributed by atoms with Crippen LogP contribution in [0.4, 0.5) is 5.69 Å². The molecule has 0 saturated carbocycles. The molecule has 9 heteroatoms. The van der Waals surface area contributed by atoms with Gasteiger partial charge in [0.15, 0.2) is 11.6 Å². The van der Waals surface area contributed by atoms with Crippen molar-refractivity contribution in [2.45, 2.75) is 24.5 Å². The predicted octanol–water partition coefficient (Wildman–Crippen LogP) is 5.84. The minimum atomic E-state index is -1.35. The highest BCUT2D eigenvalue weighted by molar-refractivity contribution is 6.01. The molecule has 4 rings (SSSR count). The number of benzene rings is 3. The minimum absolute atomic E-state index is 0.0577. The smallest absolute Gasteiger partial charge is 0.254 e. The van der Waals surface area contributed by atoms with E-state index < -0.39 is 11.6 Å². The van der Waals surface area contributed by atoms with E-state index in [2.05, 4.69) is 10.0 Å². The van der Waals surface area contributed by atoms with Crippen molar-refractivity contribution in [3.63, 3.8) is 0 Å². The van der Waals surface area contributed by atoms with Crippen LogP contribution in [-0.2, 0) is 9.53 Å². The van der Waals surface area contributed by atoms with E-state index in [1.165, 1.54) is 4.90 Å². The Morgan fingerprint density at radius 3 is 2.54 bits per heavy atom. The Morgan fingerprint density at radius 1 is 1.13 bits per heavy atom. The molecule has 9 nitrogen and oxygen atoms in total. The first-order valence-electron chi connectivity index (χ1n) is 12.7. The zero-order valence-corrected chi connectivity index (χ0v) is 22.0.